The first-order valence-electron chi connectivity index (χ1n) is 9.73. The molecule has 3 aromatic rings. The number of rotatable bonds is 6. The summed E-state index contributed by atoms with van der Waals surface area (Å²) in [5, 5.41) is 11.6. The van der Waals surface area contributed by atoms with Crippen molar-refractivity contribution in [2.24, 2.45) is 0 Å². The van der Waals surface area contributed by atoms with Gasteiger partial charge in [-0.05, 0) is 54.6 Å². The zero-order valence-corrected chi connectivity index (χ0v) is 18.1. The standard InChI is InChI=1S/C24H20ClNO6/c1-30-16-9-10-19(31-2)18(12-16)21-20(22(27)14-5-7-15(25)8-6-14)23(28)24(29)26(21)13-17-4-3-11-32-17/h3-12,21,27H,13H2,1-2H3/b22-20+/t21-/m1/s1. The molecule has 2 aromatic carbocycles. The van der Waals surface area contributed by atoms with E-state index in [2.05, 4.69) is 0 Å². The summed E-state index contributed by atoms with van der Waals surface area (Å²) in [4.78, 5) is 27.5. The third-order valence-electron chi connectivity index (χ3n) is 5.30. The molecule has 1 N–H and O–H groups in total. The molecular formula is C24H20ClNO6. The van der Waals surface area contributed by atoms with Crippen molar-refractivity contribution in [3.8, 4) is 11.5 Å². The van der Waals surface area contributed by atoms with Crippen molar-refractivity contribution in [3.63, 3.8) is 0 Å². The molecule has 1 atom stereocenters. The van der Waals surface area contributed by atoms with E-state index in [1.165, 1.54) is 25.4 Å². The van der Waals surface area contributed by atoms with Crippen LogP contribution in [0.15, 0.2) is 70.9 Å². The minimum atomic E-state index is -0.930. The van der Waals surface area contributed by atoms with E-state index in [-0.39, 0.29) is 17.9 Å². The van der Waals surface area contributed by atoms with Crippen LogP contribution in [0.4, 0.5) is 0 Å². The number of methoxy groups -OCH3 is 2. The Bertz CT molecular complexity index is 1180. The predicted octanol–water partition coefficient (Wildman–Crippen LogP) is 4.57. The molecule has 0 unspecified atom stereocenters. The van der Waals surface area contributed by atoms with Crippen molar-refractivity contribution < 1.29 is 28.6 Å². The first-order valence-corrected chi connectivity index (χ1v) is 10.1. The molecule has 1 aromatic heterocycles. The van der Waals surface area contributed by atoms with Gasteiger partial charge >= 0.3 is 0 Å². The zero-order chi connectivity index (χ0) is 22.8. The van der Waals surface area contributed by atoms with Gasteiger partial charge in [0.05, 0.1) is 38.6 Å². The van der Waals surface area contributed by atoms with Crippen LogP contribution in [0.1, 0.15) is 22.9 Å². The number of benzene rings is 2. The second kappa shape index (κ2) is 8.80. The van der Waals surface area contributed by atoms with E-state index in [4.69, 9.17) is 25.5 Å². The summed E-state index contributed by atoms with van der Waals surface area (Å²) in [5.41, 5.74) is 0.792. The lowest BCUT2D eigenvalue weighted by molar-refractivity contribution is -0.140. The molecule has 2 heterocycles. The minimum absolute atomic E-state index is 0.0278. The molecule has 164 valence electrons. The Morgan fingerprint density at radius 3 is 2.47 bits per heavy atom. The topological polar surface area (TPSA) is 89.2 Å². The smallest absolute Gasteiger partial charge is 0.296 e. The Morgan fingerprint density at radius 1 is 1.09 bits per heavy atom. The third-order valence-corrected chi connectivity index (χ3v) is 5.55. The summed E-state index contributed by atoms with van der Waals surface area (Å²) >= 11 is 5.96. The van der Waals surface area contributed by atoms with E-state index < -0.39 is 17.7 Å². The highest BCUT2D eigenvalue weighted by atomic mass is 35.5. The highest BCUT2D eigenvalue weighted by Crippen LogP contribution is 2.44. The number of Topliss-reactive ketones (excluding diaryl/α,β-unsaturated/α-hetero) is 1. The molecule has 1 amide bonds. The maximum absolute atomic E-state index is 13.1. The summed E-state index contributed by atoms with van der Waals surface area (Å²) in [7, 11) is 3.00. The lowest BCUT2D eigenvalue weighted by atomic mass is 9.94. The molecule has 0 saturated carbocycles. The van der Waals surface area contributed by atoms with Gasteiger partial charge in [0.15, 0.2) is 0 Å². The predicted molar refractivity (Wildman–Crippen MR) is 118 cm³/mol. The molecule has 0 spiro atoms. The van der Waals surface area contributed by atoms with E-state index in [1.54, 1.807) is 54.6 Å². The second-order valence-corrected chi connectivity index (χ2v) is 7.56. The molecule has 32 heavy (non-hydrogen) atoms. The van der Waals surface area contributed by atoms with Gasteiger partial charge in [-0.2, -0.15) is 0 Å². The van der Waals surface area contributed by atoms with Crippen LogP contribution < -0.4 is 9.47 Å². The molecular weight excluding hydrogens is 434 g/mol. The van der Waals surface area contributed by atoms with Crippen LogP contribution >= 0.6 is 11.6 Å². The number of hydrogen-bond acceptors (Lipinski definition) is 6. The number of carbonyl (C=O) groups is 2. The van der Waals surface area contributed by atoms with Gasteiger partial charge in [-0.25, -0.2) is 0 Å². The van der Waals surface area contributed by atoms with Crippen LogP contribution in [-0.2, 0) is 16.1 Å². The van der Waals surface area contributed by atoms with Gasteiger partial charge < -0.3 is 23.9 Å². The summed E-state index contributed by atoms with van der Waals surface area (Å²) in [6.07, 6.45) is 1.49. The van der Waals surface area contributed by atoms with Crippen LogP contribution in [-0.4, -0.2) is 35.9 Å². The molecule has 1 saturated heterocycles. The quantitative estimate of drug-likeness (QED) is 0.334. The van der Waals surface area contributed by atoms with E-state index in [0.717, 1.165) is 0 Å². The maximum atomic E-state index is 13.1. The SMILES string of the molecule is COc1ccc(OC)c([C@@H]2/C(=C(\O)c3ccc(Cl)cc3)C(=O)C(=O)N2Cc2ccco2)c1. The van der Waals surface area contributed by atoms with Gasteiger partial charge in [0, 0.05) is 16.1 Å². The van der Waals surface area contributed by atoms with Crippen molar-refractivity contribution in [2.75, 3.05) is 14.2 Å². The fourth-order valence-corrected chi connectivity index (χ4v) is 3.88. The second-order valence-electron chi connectivity index (χ2n) is 7.12. The van der Waals surface area contributed by atoms with Gasteiger partial charge in [0.25, 0.3) is 11.7 Å². The number of likely N-dealkylation sites (tertiary alicyclic amines) is 1. The molecule has 7 nitrogen and oxygen atoms in total. The normalized spacial score (nSPS) is 17.6. The molecule has 8 heteroatoms. The lowest BCUT2D eigenvalue weighted by Gasteiger charge is -2.26. The molecule has 0 radical (unpaired) electrons. The first kappa shape index (κ1) is 21.5. The average Bonchev–Trinajstić information content (AvgIpc) is 3.41. The molecule has 1 aliphatic rings. The minimum Gasteiger partial charge on any atom is -0.507 e. The molecule has 1 aliphatic heterocycles. The van der Waals surface area contributed by atoms with Crippen molar-refractivity contribution >= 4 is 29.1 Å². The number of furan rings is 1. The average molecular weight is 454 g/mol. The molecule has 0 aliphatic carbocycles. The van der Waals surface area contributed by atoms with E-state index in [1.807, 2.05) is 0 Å². The number of carbonyl (C=O) groups excluding carboxylic acids is 2. The Balaban J connectivity index is 1.93. The highest BCUT2D eigenvalue weighted by molar-refractivity contribution is 6.46. The fourth-order valence-electron chi connectivity index (χ4n) is 3.75. The summed E-state index contributed by atoms with van der Waals surface area (Å²) in [6, 6.07) is 13.9. The van der Waals surface area contributed by atoms with Crippen LogP contribution in [0.3, 0.4) is 0 Å². The Kier molecular flexibility index (Phi) is 5.92. The number of amides is 1. The van der Waals surface area contributed by atoms with Crippen LogP contribution in [0.2, 0.25) is 5.02 Å². The number of hydrogen-bond donors (Lipinski definition) is 1. The lowest BCUT2D eigenvalue weighted by Crippen LogP contribution is -2.29. The van der Waals surface area contributed by atoms with Crippen molar-refractivity contribution in [1.82, 2.24) is 4.90 Å². The Labute approximate surface area is 189 Å². The number of ketones is 1. The van der Waals surface area contributed by atoms with E-state index >= 15 is 0 Å². The number of nitrogens with zero attached hydrogens (tertiary/aromatic N) is 1. The monoisotopic (exact) mass is 453 g/mol. The number of ether oxygens (including phenoxy) is 2. The summed E-state index contributed by atoms with van der Waals surface area (Å²) in [5.74, 6) is -0.437. The van der Waals surface area contributed by atoms with Gasteiger partial charge in [0.2, 0.25) is 0 Å². The van der Waals surface area contributed by atoms with Gasteiger partial charge in [-0.3, -0.25) is 9.59 Å². The van der Waals surface area contributed by atoms with Gasteiger partial charge in [0.1, 0.15) is 23.0 Å². The van der Waals surface area contributed by atoms with Crippen molar-refractivity contribution in [2.45, 2.75) is 12.6 Å². The number of halogens is 1. The zero-order valence-electron chi connectivity index (χ0n) is 17.4. The number of aliphatic hydroxyl groups is 1. The highest BCUT2D eigenvalue weighted by Gasteiger charge is 2.47. The first-order chi connectivity index (χ1) is 15.4. The largest absolute Gasteiger partial charge is 0.507 e. The summed E-state index contributed by atoms with van der Waals surface area (Å²) in [6.45, 7) is 0.0278. The van der Waals surface area contributed by atoms with Crippen LogP contribution in [0, 0.1) is 0 Å². The van der Waals surface area contributed by atoms with Crippen LogP contribution in [0.5, 0.6) is 11.5 Å². The maximum Gasteiger partial charge on any atom is 0.296 e. The van der Waals surface area contributed by atoms with Crippen LogP contribution in [0.25, 0.3) is 5.76 Å². The molecule has 4 rings (SSSR count). The number of aliphatic hydroxyl groups excluding tert-OH is 1. The Hall–Kier alpha value is -3.71. The van der Waals surface area contributed by atoms with Crippen molar-refractivity contribution in [1.29, 1.82) is 0 Å². The van der Waals surface area contributed by atoms with Gasteiger partial charge in [-0.1, -0.05) is 11.6 Å². The Morgan fingerprint density at radius 2 is 1.84 bits per heavy atom. The summed E-state index contributed by atoms with van der Waals surface area (Å²) < 4.78 is 16.3. The molecule has 0 bridgehead atoms. The molecule has 1 fully saturated rings. The van der Waals surface area contributed by atoms with Gasteiger partial charge in [-0.15, -0.1) is 0 Å². The third kappa shape index (κ3) is 3.83. The van der Waals surface area contributed by atoms with E-state index in [0.29, 0.717) is 33.4 Å². The van der Waals surface area contributed by atoms with E-state index in [9.17, 15) is 14.7 Å². The fraction of sp³-hybridized carbons (Fsp3) is 0.167. The van der Waals surface area contributed by atoms with Crippen molar-refractivity contribution in [3.05, 3.63) is 88.3 Å².